The first-order chi connectivity index (χ1) is 17.8. The number of rotatable bonds is 8. The third-order valence-corrected chi connectivity index (χ3v) is 8.46. The molecule has 2 N–H and O–H groups in total. The normalized spacial score (nSPS) is 18.7. The topological polar surface area (TPSA) is 113 Å². The zero-order valence-corrected chi connectivity index (χ0v) is 21.6. The number of amides is 2. The highest BCUT2D eigenvalue weighted by molar-refractivity contribution is 8.00. The van der Waals surface area contributed by atoms with E-state index in [2.05, 4.69) is 17.1 Å². The molecule has 2 atom stereocenters. The molecule has 5 rings (SSSR count). The van der Waals surface area contributed by atoms with Crippen molar-refractivity contribution in [2.75, 3.05) is 11.5 Å². The van der Waals surface area contributed by atoms with Crippen molar-refractivity contribution in [3.8, 4) is 11.3 Å². The molecule has 1 saturated heterocycles. The minimum absolute atomic E-state index is 0.149. The standard InChI is InChI=1S/C26H20ClN3O5S2/c1-14(20-11-19(29-35-20)15-7-9-16(27)10-8-15)18-12-37-25-22(24(32)30(25)23(18)26(33)34)28-21(31)13-36-17-5-3-2-4-6-17/h2-11,22,25H,1,12-13H2,(H,28,31)(H,33,34)/t22-,25-/m1/s1. The Balaban J connectivity index is 1.30. The lowest BCUT2D eigenvalue weighted by molar-refractivity contribution is -0.150. The number of aromatic nitrogens is 1. The van der Waals surface area contributed by atoms with Gasteiger partial charge in [-0.3, -0.25) is 14.5 Å². The minimum Gasteiger partial charge on any atom is -0.477 e. The molecule has 0 unspecified atom stereocenters. The number of carboxylic acids is 1. The smallest absolute Gasteiger partial charge is 0.352 e. The van der Waals surface area contributed by atoms with Gasteiger partial charge in [-0.1, -0.05) is 53.7 Å². The van der Waals surface area contributed by atoms with E-state index in [0.29, 0.717) is 27.6 Å². The van der Waals surface area contributed by atoms with Crippen LogP contribution in [0.3, 0.4) is 0 Å². The fraction of sp³-hybridized carbons (Fsp3) is 0.154. The summed E-state index contributed by atoms with van der Waals surface area (Å²) in [7, 11) is 0. The van der Waals surface area contributed by atoms with Gasteiger partial charge in [-0.05, 0) is 24.3 Å². The molecule has 11 heteroatoms. The summed E-state index contributed by atoms with van der Waals surface area (Å²) in [5, 5.41) is 16.9. The fourth-order valence-electron chi connectivity index (χ4n) is 4.05. The maximum Gasteiger partial charge on any atom is 0.352 e. The first kappa shape index (κ1) is 25.2. The maximum absolute atomic E-state index is 13.0. The van der Waals surface area contributed by atoms with Crippen molar-refractivity contribution in [3.05, 3.63) is 89.3 Å². The van der Waals surface area contributed by atoms with Gasteiger partial charge in [0.05, 0.1) is 5.75 Å². The third kappa shape index (κ3) is 5.04. The van der Waals surface area contributed by atoms with Crippen molar-refractivity contribution in [2.45, 2.75) is 16.3 Å². The van der Waals surface area contributed by atoms with Crippen molar-refractivity contribution in [1.29, 1.82) is 0 Å². The number of fused-ring (bicyclic) bond motifs is 1. The summed E-state index contributed by atoms with van der Waals surface area (Å²) < 4.78 is 5.45. The number of nitrogens with one attached hydrogen (secondary N) is 1. The molecular weight excluding hydrogens is 534 g/mol. The molecule has 3 aromatic rings. The van der Waals surface area contributed by atoms with Crippen LogP contribution in [0.2, 0.25) is 5.02 Å². The lowest BCUT2D eigenvalue weighted by Crippen LogP contribution is -2.70. The van der Waals surface area contributed by atoms with Gasteiger partial charge < -0.3 is 14.9 Å². The highest BCUT2D eigenvalue weighted by Gasteiger charge is 2.54. The second-order valence-electron chi connectivity index (χ2n) is 8.25. The number of β-lactam (4-membered cyclic amide) rings is 1. The second kappa shape index (κ2) is 10.5. The molecule has 8 nitrogen and oxygen atoms in total. The fourth-order valence-corrected chi connectivity index (χ4v) is 6.29. The van der Waals surface area contributed by atoms with E-state index in [-0.39, 0.29) is 23.1 Å². The molecule has 2 aliphatic heterocycles. The van der Waals surface area contributed by atoms with Gasteiger partial charge in [-0.25, -0.2) is 4.79 Å². The number of halogens is 1. The van der Waals surface area contributed by atoms with Crippen molar-refractivity contribution in [1.82, 2.24) is 15.4 Å². The van der Waals surface area contributed by atoms with Gasteiger partial charge in [-0.15, -0.1) is 23.5 Å². The monoisotopic (exact) mass is 553 g/mol. The van der Waals surface area contributed by atoms with E-state index < -0.39 is 23.3 Å². The van der Waals surface area contributed by atoms with Crippen LogP contribution in [0.15, 0.2) is 87.9 Å². The van der Waals surface area contributed by atoms with Gasteiger partial charge in [-0.2, -0.15) is 0 Å². The van der Waals surface area contributed by atoms with E-state index in [1.54, 1.807) is 30.3 Å². The molecule has 0 bridgehead atoms. The van der Waals surface area contributed by atoms with Crippen LogP contribution < -0.4 is 5.32 Å². The number of aliphatic carboxylic acids is 1. The Morgan fingerprint density at radius 2 is 1.95 bits per heavy atom. The van der Waals surface area contributed by atoms with Crippen LogP contribution in [0.25, 0.3) is 16.8 Å². The number of hydrogen-bond donors (Lipinski definition) is 2. The Kier molecular flexibility index (Phi) is 7.14. The molecule has 2 aromatic carbocycles. The van der Waals surface area contributed by atoms with E-state index in [4.69, 9.17) is 16.1 Å². The van der Waals surface area contributed by atoms with Crippen LogP contribution >= 0.6 is 35.1 Å². The van der Waals surface area contributed by atoms with Crippen molar-refractivity contribution in [2.24, 2.45) is 0 Å². The summed E-state index contributed by atoms with van der Waals surface area (Å²) in [5.74, 6) is -1.30. The molecule has 1 fully saturated rings. The molecule has 2 amide bonds. The number of thioether (sulfide) groups is 2. The number of nitrogens with zero attached hydrogens (tertiary/aromatic N) is 2. The summed E-state index contributed by atoms with van der Waals surface area (Å²) in [6, 6.07) is 17.4. The van der Waals surface area contributed by atoms with E-state index in [1.165, 1.54) is 28.4 Å². The van der Waals surface area contributed by atoms with Crippen LogP contribution in [-0.4, -0.2) is 55.9 Å². The van der Waals surface area contributed by atoms with Crippen LogP contribution in [-0.2, 0) is 14.4 Å². The predicted octanol–water partition coefficient (Wildman–Crippen LogP) is 4.54. The predicted molar refractivity (Wildman–Crippen MR) is 143 cm³/mol. The van der Waals surface area contributed by atoms with Crippen molar-refractivity contribution < 1.29 is 24.0 Å². The van der Waals surface area contributed by atoms with Crippen molar-refractivity contribution in [3.63, 3.8) is 0 Å². The summed E-state index contributed by atoms with van der Waals surface area (Å²) in [4.78, 5) is 39.8. The number of carbonyl (C=O) groups is 3. The maximum atomic E-state index is 13.0. The molecule has 188 valence electrons. The van der Waals surface area contributed by atoms with Crippen molar-refractivity contribution >= 4 is 58.5 Å². The zero-order valence-electron chi connectivity index (χ0n) is 19.2. The summed E-state index contributed by atoms with van der Waals surface area (Å²) in [6.45, 7) is 4.03. The van der Waals surface area contributed by atoms with Gasteiger partial charge >= 0.3 is 5.97 Å². The highest BCUT2D eigenvalue weighted by atomic mass is 35.5. The number of benzene rings is 2. The SMILES string of the molecule is C=C(C1=C(C(=O)O)N2C(=O)[C@@H](NC(=O)CSc3ccccc3)[C@H]2SC1)c1cc(-c2ccc(Cl)cc2)no1. The average molecular weight is 554 g/mol. The zero-order chi connectivity index (χ0) is 26.1. The van der Waals surface area contributed by atoms with E-state index >= 15 is 0 Å². The Hall–Kier alpha value is -3.47. The van der Waals surface area contributed by atoms with Gasteiger partial charge in [0.1, 0.15) is 22.8 Å². The van der Waals surface area contributed by atoms with Crippen LogP contribution in [0, 0.1) is 0 Å². The summed E-state index contributed by atoms with van der Waals surface area (Å²) in [6.07, 6.45) is 0. The van der Waals surface area contributed by atoms with Crippen LogP contribution in [0.4, 0.5) is 0 Å². The minimum atomic E-state index is -1.25. The third-order valence-electron chi connectivity index (χ3n) is 5.91. The highest BCUT2D eigenvalue weighted by Crippen LogP contribution is 2.44. The second-order valence-corrected chi connectivity index (χ2v) is 10.8. The Labute approximate surface area is 225 Å². The van der Waals surface area contributed by atoms with Gasteiger partial charge in [0.25, 0.3) is 5.91 Å². The molecular formula is C26H20ClN3O5S2. The summed E-state index contributed by atoms with van der Waals surface area (Å²) >= 11 is 8.67. The lowest BCUT2D eigenvalue weighted by atomic mass is 9.98. The first-order valence-electron chi connectivity index (χ1n) is 11.1. The molecule has 3 heterocycles. The molecule has 2 aliphatic rings. The Morgan fingerprint density at radius 3 is 2.65 bits per heavy atom. The van der Waals surface area contributed by atoms with E-state index in [9.17, 15) is 19.5 Å². The molecule has 37 heavy (non-hydrogen) atoms. The summed E-state index contributed by atoms with van der Waals surface area (Å²) in [5.41, 5.74) is 1.86. The first-order valence-corrected chi connectivity index (χ1v) is 13.6. The van der Waals surface area contributed by atoms with Crippen LogP contribution in [0.1, 0.15) is 5.76 Å². The number of carboxylic acid groups (broad SMARTS) is 1. The molecule has 0 radical (unpaired) electrons. The quantitative estimate of drug-likeness (QED) is 0.309. The number of hydrogen-bond acceptors (Lipinski definition) is 7. The van der Waals surface area contributed by atoms with E-state index in [1.807, 2.05) is 30.3 Å². The lowest BCUT2D eigenvalue weighted by Gasteiger charge is -2.49. The number of carbonyl (C=O) groups excluding carboxylic acids is 2. The molecule has 0 saturated carbocycles. The molecule has 0 spiro atoms. The van der Waals surface area contributed by atoms with Gasteiger partial charge in [0, 0.05) is 38.4 Å². The van der Waals surface area contributed by atoms with Gasteiger partial charge in [0.15, 0.2) is 5.76 Å². The molecule has 1 aromatic heterocycles. The van der Waals surface area contributed by atoms with Gasteiger partial charge in [0.2, 0.25) is 5.91 Å². The molecule has 0 aliphatic carbocycles. The number of allylic oxidation sites excluding steroid dienone is 1. The Morgan fingerprint density at radius 1 is 1.22 bits per heavy atom. The Bertz CT molecular complexity index is 1420. The van der Waals surface area contributed by atoms with E-state index in [0.717, 1.165) is 10.5 Å². The average Bonchev–Trinajstić information content (AvgIpc) is 3.40. The largest absolute Gasteiger partial charge is 0.477 e. The van der Waals surface area contributed by atoms with Crippen LogP contribution in [0.5, 0.6) is 0 Å².